The molecule has 84 valence electrons. The first-order valence-corrected chi connectivity index (χ1v) is 4.95. The first kappa shape index (κ1) is 11.8. The van der Waals surface area contributed by atoms with Crippen LogP contribution in [0.4, 0.5) is 0 Å². The highest BCUT2D eigenvalue weighted by Gasteiger charge is 2.22. The van der Waals surface area contributed by atoms with Crippen molar-refractivity contribution >= 4 is 0 Å². The maximum atomic E-state index is 11.8. The van der Waals surface area contributed by atoms with E-state index in [9.17, 15) is 9.59 Å². The fourth-order valence-electron chi connectivity index (χ4n) is 2.08. The zero-order valence-corrected chi connectivity index (χ0v) is 10.2. The van der Waals surface area contributed by atoms with Gasteiger partial charge in [0.25, 0.3) is 5.56 Å². The molecule has 1 aromatic rings. The van der Waals surface area contributed by atoms with Crippen LogP contribution < -0.4 is 11.2 Å². The van der Waals surface area contributed by atoms with Crippen LogP contribution in [0.5, 0.6) is 0 Å². The summed E-state index contributed by atoms with van der Waals surface area (Å²) in [5.74, 6) is 0. The highest BCUT2D eigenvalue weighted by molar-refractivity contribution is 5.23. The van der Waals surface area contributed by atoms with Crippen molar-refractivity contribution in [2.45, 2.75) is 33.1 Å². The SMILES string of the molecule is Cc1c(C(C)(C)C)n(C)c(=O)n(C)c1=O. The van der Waals surface area contributed by atoms with Crippen LogP contribution in [0.15, 0.2) is 9.59 Å². The second kappa shape index (κ2) is 3.36. The minimum absolute atomic E-state index is 0.203. The molecule has 1 rings (SSSR count). The summed E-state index contributed by atoms with van der Waals surface area (Å²) in [7, 11) is 3.21. The van der Waals surface area contributed by atoms with Gasteiger partial charge in [0, 0.05) is 30.8 Å². The van der Waals surface area contributed by atoms with Gasteiger partial charge in [-0.2, -0.15) is 0 Å². The van der Waals surface area contributed by atoms with Gasteiger partial charge in [-0.05, 0) is 6.92 Å². The van der Waals surface area contributed by atoms with Crippen molar-refractivity contribution < 1.29 is 0 Å². The molecule has 15 heavy (non-hydrogen) atoms. The van der Waals surface area contributed by atoms with E-state index >= 15 is 0 Å². The van der Waals surface area contributed by atoms with E-state index in [2.05, 4.69) is 0 Å². The fourth-order valence-corrected chi connectivity index (χ4v) is 2.08. The van der Waals surface area contributed by atoms with Crippen LogP contribution in [0, 0.1) is 6.92 Å². The average Bonchev–Trinajstić information content (AvgIpc) is 2.09. The molecule has 0 spiro atoms. The average molecular weight is 210 g/mol. The maximum absolute atomic E-state index is 11.8. The van der Waals surface area contributed by atoms with Crippen molar-refractivity contribution in [3.63, 3.8) is 0 Å². The third kappa shape index (κ3) is 1.76. The van der Waals surface area contributed by atoms with Crippen LogP contribution in [-0.4, -0.2) is 9.13 Å². The molecule has 0 atom stereocenters. The van der Waals surface area contributed by atoms with Crippen LogP contribution in [0.3, 0.4) is 0 Å². The van der Waals surface area contributed by atoms with E-state index in [0.29, 0.717) is 5.56 Å². The molecular formula is C11H18N2O2. The Labute approximate surface area is 89.2 Å². The third-order valence-electron chi connectivity index (χ3n) is 2.60. The quantitative estimate of drug-likeness (QED) is 0.632. The normalized spacial score (nSPS) is 11.9. The summed E-state index contributed by atoms with van der Waals surface area (Å²) in [5, 5.41) is 0. The van der Waals surface area contributed by atoms with Crippen LogP contribution in [0.2, 0.25) is 0 Å². The van der Waals surface area contributed by atoms with Crippen molar-refractivity contribution in [1.82, 2.24) is 9.13 Å². The minimum atomic E-state index is -0.268. The van der Waals surface area contributed by atoms with Gasteiger partial charge in [0.05, 0.1) is 0 Å². The van der Waals surface area contributed by atoms with Crippen LogP contribution in [0.25, 0.3) is 0 Å². The second-order valence-electron chi connectivity index (χ2n) is 4.93. The van der Waals surface area contributed by atoms with E-state index in [0.717, 1.165) is 10.3 Å². The zero-order valence-electron chi connectivity index (χ0n) is 10.2. The predicted octanol–water partition coefficient (Wildman–Crippen LogP) is 0.690. The van der Waals surface area contributed by atoms with E-state index < -0.39 is 0 Å². The number of rotatable bonds is 0. The molecule has 0 bridgehead atoms. The fraction of sp³-hybridized carbons (Fsp3) is 0.636. The molecule has 0 unspecified atom stereocenters. The monoisotopic (exact) mass is 210 g/mol. The standard InChI is InChI=1S/C11H18N2O2/c1-7-8(11(2,3)4)12(5)10(15)13(6)9(7)14/h1-6H3. The van der Waals surface area contributed by atoms with Gasteiger partial charge < -0.3 is 0 Å². The molecule has 1 aromatic heterocycles. The summed E-state index contributed by atoms with van der Waals surface area (Å²) in [5.41, 5.74) is 0.770. The summed E-state index contributed by atoms with van der Waals surface area (Å²) in [4.78, 5) is 23.5. The highest BCUT2D eigenvalue weighted by Crippen LogP contribution is 2.21. The number of nitrogens with zero attached hydrogens (tertiary/aromatic N) is 2. The lowest BCUT2D eigenvalue weighted by Crippen LogP contribution is -2.42. The summed E-state index contributed by atoms with van der Waals surface area (Å²) in [6.45, 7) is 7.75. The van der Waals surface area contributed by atoms with Crippen molar-refractivity contribution in [3.05, 3.63) is 32.1 Å². The molecule has 0 aliphatic heterocycles. The smallest absolute Gasteiger partial charge is 0.300 e. The summed E-state index contributed by atoms with van der Waals surface area (Å²) < 4.78 is 2.70. The Kier molecular flexibility index (Phi) is 2.63. The van der Waals surface area contributed by atoms with Gasteiger partial charge in [0.1, 0.15) is 0 Å². The molecule has 0 aliphatic rings. The number of hydrogen-bond acceptors (Lipinski definition) is 2. The molecule has 0 N–H and O–H groups in total. The van der Waals surface area contributed by atoms with Crippen molar-refractivity contribution in [3.8, 4) is 0 Å². The zero-order chi connectivity index (χ0) is 12.0. The predicted molar refractivity (Wildman–Crippen MR) is 60.4 cm³/mol. The van der Waals surface area contributed by atoms with Gasteiger partial charge in [-0.1, -0.05) is 20.8 Å². The van der Waals surface area contributed by atoms with E-state index in [4.69, 9.17) is 0 Å². The third-order valence-corrected chi connectivity index (χ3v) is 2.60. The van der Waals surface area contributed by atoms with Gasteiger partial charge in [-0.25, -0.2) is 4.79 Å². The molecule has 0 aromatic carbocycles. The Morgan fingerprint density at radius 1 is 1.00 bits per heavy atom. The van der Waals surface area contributed by atoms with Crippen molar-refractivity contribution in [2.75, 3.05) is 0 Å². The Morgan fingerprint density at radius 3 is 1.87 bits per heavy atom. The lowest BCUT2D eigenvalue weighted by Gasteiger charge is -2.24. The van der Waals surface area contributed by atoms with E-state index in [1.54, 1.807) is 18.5 Å². The topological polar surface area (TPSA) is 44.0 Å². The molecular weight excluding hydrogens is 192 g/mol. The van der Waals surface area contributed by atoms with Gasteiger partial charge >= 0.3 is 5.69 Å². The Morgan fingerprint density at radius 2 is 1.47 bits per heavy atom. The lowest BCUT2D eigenvalue weighted by atomic mass is 9.89. The summed E-state index contributed by atoms with van der Waals surface area (Å²) in [6, 6.07) is 0. The van der Waals surface area contributed by atoms with Crippen molar-refractivity contribution in [2.24, 2.45) is 14.1 Å². The van der Waals surface area contributed by atoms with E-state index in [1.165, 1.54) is 7.05 Å². The molecule has 4 nitrogen and oxygen atoms in total. The molecule has 0 saturated carbocycles. The van der Waals surface area contributed by atoms with Gasteiger partial charge in [0.2, 0.25) is 0 Å². The Balaban J connectivity index is 3.85. The Bertz CT molecular complexity index is 464. The molecule has 0 fully saturated rings. The molecule has 0 saturated heterocycles. The molecule has 0 amide bonds. The summed E-state index contributed by atoms with van der Waals surface area (Å²) >= 11 is 0. The number of hydrogen-bond donors (Lipinski definition) is 0. The van der Waals surface area contributed by atoms with Crippen LogP contribution in [0.1, 0.15) is 32.0 Å². The highest BCUT2D eigenvalue weighted by atomic mass is 16.2. The molecule has 0 radical (unpaired) electrons. The van der Waals surface area contributed by atoms with Crippen molar-refractivity contribution in [1.29, 1.82) is 0 Å². The van der Waals surface area contributed by atoms with Crippen LogP contribution in [-0.2, 0) is 19.5 Å². The molecule has 4 heteroatoms. The van der Waals surface area contributed by atoms with E-state index in [-0.39, 0.29) is 16.7 Å². The maximum Gasteiger partial charge on any atom is 0.330 e. The summed E-state index contributed by atoms with van der Waals surface area (Å²) in [6.07, 6.45) is 0. The van der Waals surface area contributed by atoms with E-state index in [1.807, 2.05) is 20.8 Å². The first-order chi connectivity index (χ1) is 6.68. The first-order valence-electron chi connectivity index (χ1n) is 4.95. The van der Waals surface area contributed by atoms with Gasteiger partial charge in [0.15, 0.2) is 0 Å². The second-order valence-corrected chi connectivity index (χ2v) is 4.93. The van der Waals surface area contributed by atoms with Gasteiger partial charge in [-0.3, -0.25) is 13.9 Å². The van der Waals surface area contributed by atoms with Gasteiger partial charge in [-0.15, -0.1) is 0 Å². The minimum Gasteiger partial charge on any atom is -0.300 e. The van der Waals surface area contributed by atoms with Crippen LogP contribution >= 0.6 is 0 Å². The Hall–Kier alpha value is -1.32. The lowest BCUT2D eigenvalue weighted by molar-refractivity contribution is 0.503. The largest absolute Gasteiger partial charge is 0.330 e. The molecule has 0 aliphatic carbocycles. The number of aromatic nitrogens is 2. The molecule has 1 heterocycles.